The summed E-state index contributed by atoms with van der Waals surface area (Å²) in [6, 6.07) is 24.5. The minimum atomic E-state index is -0.912. The van der Waals surface area contributed by atoms with Gasteiger partial charge in [0, 0.05) is 24.9 Å². The van der Waals surface area contributed by atoms with Gasteiger partial charge in [-0.25, -0.2) is 14.8 Å². The molecule has 2 unspecified atom stereocenters. The molecule has 3 aromatic carbocycles. The minimum absolute atomic E-state index is 0.0867. The summed E-state index contributed by atoms with van der Waals surface area (Å²) in [5.41, 5.74) is 2.17. The number of hydrogen-bond donors (Lipinski definition) is 1. The fourth-order valence-corrected chi connectivity index (χ4v) is 4.64. The average molecular weight is 500 g/mol. The molecular weight excluding hydrogens is 470 g/mol. The Morgan fingerprint density at radius 2 is 1.68 bits per heavy atom. The molecular formula is C29H29N3O5. The smallest absolute Gasteiger partial charge is 0.407 e. The minimum Gasteiger partial charge on any atom is -0.490 e. The van der Waals surface area contributed by atoms with Crippen molar-refractivity contribution in [2.45, 2.75) is 25.0 Å². The Morgan fingerprint density at radius 1 is 0.919 bits per heavy atom. The predicted molar refractivity (Wildman–Crippen MR) is 139 cm³/mol. The van der Waals surface area contributed by atoms with E-state index >= 15 is 0 Å². The molecule has 1 amide bonds. The molecule has 2 atom stereocenters. The number of hydrogen-bond acceptors (Lipinski definition) is 6. The molecule has 1 fully saturated rings. The number of carboxylic acid groups (broad SMARTS) is 1. The highest BCUT2D eigenvalue weighted by Crippen LogP contribution is 2.32. The maximum Gasteiger partial charge on any atom is 0.407 e. The van der Waals surface area contributed by atoms with Crippen molar-refractivity contribution in [1.82, 2.24) is 14.9 Å². The lowest BCUT2D eigenvalue weighted by atomic mass is 9.87. The number of aromatic nitrogens is 2. The van der Waals surface area contributed by atoms with Crippen molar-refractivity contribution in [3.05, 3.63) is 96.3 Å². The summed E-state index contributed by atoms with van der Waals surface area (Å²) in [6.45, 7) is 1.94. The van der Waals surface area contributed by atoms with Gasteiger partial charge in [0.15, 0.2) is 0 Å². The molecule has 190 valence electrons. The van der Waals surface area contributed by atoms with Gasteiger partial charge >= 0.3 is 12.1 Å². The highest BCUT2D eigenvalue weighted by molar-refractivity contribution is 5.82. The van der Waals surface area contributed by atoms with E-state index in [1.807, 2.05) is 36.4 Å². The van der Waals surface area contributed by atoms with E-state index in [2.05, 4.69) is 40.3 Å². The Bertz CT molecular complexity index is 1320. The standard InChI is InChI=1S/C29H29N3O5/c33-29(34)32-15-12-26(27(19-32)37-20-21-6-7-22-4-1-2-5-24(22)18-21)23-8-10-25(11-9-23)35-16-17-36-28-30-13-3-14-31-28/h1-11,13-14,18,26-27H,12,15-17,19-20H2,(H,33,34). The summed E-state index contributed by atoms with van der Waals surface area (Å²) >= 11 is 0. The SMILES string of the molecule is O=C(O)N1CCC(c2ccc(OCCOc3ncccn3)cc2)C(OCc2ccc3ccccc3c2)C1. The number of piperidine rings is 1. The molecule has 1 N–H and O–H groups in total. The molecule has 37 heavy (non-hydrogen) atoms. The molecule has 4 aromatic rings. The number of amides is 1. The van der Waals surface area contributed by atoms with Crippen LogP contribution in [0.25, 0.3) is 10.8 Å². The number of benzene rings is 3. The van der Waals surface area contributed by atoms with Crippen LogP contribution in [0.4, 0.5) is 4.79 Å². The topological polar surface area (TPSA) is 94.0 Å². The maximum atomic E-state index is 11.7. The summed E-state index contributed by atoms with van der Waals surface area (Å²) in [6.07, 6.45) is 2.79. The summed E-state index contributed by atoms with van der Waals surface area (Å²) in [5.74, 6) is 0.821. The quantitative estimate of drug-likeness (QED) is 0.319. The van der Waals surface area contributed by atoms with Crippen LogP contribution >= 0.6 is 0 Å². The molecule has 0 radical (unpaired) electrons. The van der Waals surface area contributed by atoms with E-state index in [1.165, 1.54) is 10.3 Å². The maximum absolute atomic E-state index is 11.7. The van der Waals surface area contributed by atoms with Crippen LogP contribution in [-0.2, 0) is 11.3 Å². The van der Waals surface area contributed by atoms with Crippen molar-refractivity contribution in [2.24, 2.45) is 0 Å². The molecule has 0 saturated carbocycles. The Labute approximate surface area is 215 Å². The first kappa shape index (κ1) is 24.5. The molecule has 1 aliphatic heterocycles. The average Bonchev–Trinajstić information content (AvgIpc) is 2.95. The highest BCUT2D eigenvalue weighted by atomic mass is 16.5. The summed E-state index contributed by atoms with van der Waals surface area (Å²) in [5, 5.41) is 11.9. The third-order valence-electron chi connectivity index (χ3n) is 6.54. The predicted octanol–water partition coefficient (Wildman–Crippen LogP) is 5.14. The van der Waals surface area contributed by atoms with E-state index in [1.54, 1.807) is 18.5 Å². The van der Waals surface area contributed by atoms with Crippen LogP contribution in [0.15, 0.2) is 85.2 Å². The fourth-order valence-electron chi connectivity index (χ4n) is 4.64. The zero-order valence-corrected chi connectivity index (χ0v) is 20.4. The van der Waals surface area contributed by atoms with Gasteiger partial charge in [-0.15, -0.1) is 0 Å². The van der Waals surface area contributed by atoms with E-state index < -0.39 is 6.09 Å². The number of ether oxygens (including phenoxy) is 3. The number of rotatable bonds is 9. The molecule has 0 bridgehead atoms. The number of nitrogens with zero attached hydrogens (tertiary/aromatic N) is 3. The first-order chi connectivity index (χ1) is 18.2. The molecule has 1 aromatic heterocycles. The lowest BCUT2D eigenvalue weighted by molar-refractivity contribution is -0.0199. The van der Waals surface area contributed by atoms with E-state index in [0.29, 0.717) is 45.3 Å². The van der Waals surface area contributed by atoms with E-state index in [0.717, 1.165) is 22.3 Å². The van der Waals surface area contributed by atoms with Crippen molar-refractivity contribution in [3.63, 3.8) is 0 Å². The van der Waals surface area contributed by atoms with Gasteiger partial charge in [-0.2, -0.15) is 0 Å². The second kappa shape index (κ2) is 11.7. The molecule has 1 saturated heterocycles. The third-order valence-corrected chi connectivity index (χ3v) is 6.54. The molecule has 2 heterocycles. The summed E-state index contributed by atoms with van der Waals surface area (Å²) < 4.78 is 17.6. The van der Waals surface area contributed by atoms with Crippen LogP contribution in [0.2, 0.25) is 0 Å². The van der Waals surface area contributed by atoms with Crippen LogP contribution in [-0.4, -0.2) is 58.5 Å². The van der Waals surface area contributed by atoms with Gasteiger partial charge in [0.05, 0.1) is 19.3 Å². The first-order valence-corrected chi connectivity index (χ1v) is 12.4. The van der Waals surface area contributed by atoms with Gasteiger partial charge in [-0.1, -0.05) is 48.5 Å². The van der Waals surface area contributed by atoms with Gasteiger partial charge in [-0.05, 0) is 52.6 Å². The summed E-state index contributed by atoms with van der Waals surface area (Å²) in [7, 11) is 0. The van der Waals surface area contributed by atoms with Crippen LogP contribution in [0.1, 0.15) is 23.5 Å². The zero-order valence-electron chi connectivity index (χ0n) is 20.4. The molecule has 0 aliphatic carbocycles. The van der Waals surface area contributed by atoms with Gasteiger partial charge in [-0.3, -0.25) is 0 Å². The van der Waals surface area contributed by atoms with Crippen LogP contribution < -0.4 is 9.47 Å². The highest BCUT2D eigenvalue weighted by Gasteiger charge is 2.33. The monoisotopic (exact) mass is 499 g/mol. The molecule has 8 nitrogen and oxygen atoms in total. The lowest BCUT2D eigenvalue weighted by Gasteiger charge is -2.37. The van der Waals surface area contributed by atoms with Gasteiger partial charge in [0.2, 0.25) is 0 Å². The summed E-state index contributed by atoms with van der Waals surface area (Å²) in [4.78, 5) is 21.1. The van der Waals surface area contributed by atoms with E-state index in [-0.39, 0.29) is 12.0 Å². The zero-order chi connectivity index (χ0) is 25.5. The molecule has 0 spiro atoms. The third kappa shape index (κ3) is 6.34. The first-order valence-electron chi connectivity index (χ1n) is 12.4. The van der Waals surface area contributed by atoms with E-state index in [4.69, 9.17) is 14.2 Å². The number of carbonyl (C=O) groups is 1. The normalized spacial score (nSPS) is 17.5. The van der Waals surface area contributed by atoms with Crippen LogP contribution in [0.5, 0.6) is 11.8 Å². The number of fused-ring (bicyclic) bond motifs is 1. The van der Waals surface area contributed by atoms with Crippen molar-refractivity contribution >= 4 is 16.9 Å². The molecule has 1 aliphatic rings. The fraction of sp³-hybridized carbons (Fsp3) is 0.276. The number of likely N-dealkylation sites (tertiary alicyclic amines) is 1. The second-order valence-corrected chi connectivity index (χ2v) is 8.95. The van der Waals surface area contributed by atoms with Gasteiger partial charge in [0.25, 0.3) is 0 Å². The van der Waals surface area contributed by atoms with Gasteiger partial charge in [0.1, 0.15) is 19.0 Å². The lowest BCUT2D eigenvalue weighted by Crippen LogP contribution is -2.46. The van der Waals surface area contributed by atoms with Crippen molar-refractivity contribution in [3.8, 4) is 11.8 Å². The molecule has 8 heteroatoms. The molecule has 5 rings (SSSR count). The second-order valence-electron chi connectivity index (χ2n) is 8.95. The Hall–Kier alpha value is -4.17. The Kier molecular flexibility index (Phi) is 7.76. The van der Waals surface area contributed by atoms with Crippen LogP contribution in [0.3, 0.4) is 0 Å². The van der Waals surface area contributed by atoms with Crippen LogP contribution in [0, 0.1) is 0 Å². The largest absolute Gasteiger partial charge is 0.490 e. The van der Waals surface area contributed by atoms with Crippen molar-refractivity contribution < 1.29 is 24.1 Å². The van der Waals surface area contributed by atoms with Crippen molar-refractivity contribution in [2.75, 3.05) is 26.3 Å². The Morgan fingerprint density at radius 3 is 2.46 bits per heavy atom. The Balaban J connectivity index is 1.21. The van der Waals surface area contributed by atoms with Gasteiger partial charge < -0.3 is 24.2 Å². The van der Waals surface area contributed by atoms with E-state index in [9.17, 15) is 9.90 Å². The van der Waals surface area contributed by atoms with Crippen molar-refractivity contribution in [1.29, 1.82) is 0 Å².